The smallest absolute Gasteiger partial charge is 0.243 e. The maximum absolute atomic E-state index is 12.4. The predicted molar refractivity (Wildman–Crippen MR) is 86.4 cm³/mol. The number of hydrogen-bond donors (Lipinski definition) is 1. The Labute approximate surface area is 135 Å². The maximum atomic E-state index is 12.4. The van der Waals surface area contributed by atoms with E-state index in [1.54, 1.807) is 13.0 Å². The number of hydrogen-bond acceptors (Lipinski definition) is 7. The molecule has 126 valence electrons. The van der Waals surface area contributed by atoms with Crippen LogP contribution in [0, 0.1) is 11.3 Å². The highest BCUT2D eigenvalue weighted by molar-refractivity contribution is 7.63. The molecular formula is C15H20NO6P. The number of ether oxygens (including phenoxy) is 3. The summed E-state index contributed by atoms with van der Waals surface area (Å²) < 4.78 is 33.1. The molecule has 8 heteroatoms. The van der Waals surface area contributed by atoms with E-state index in [4.69, 9.17) is 18.7 Å². The summed E-state index contributed by atoms with van der Waals surface area (Å²) in [5.74, 6) is 0.488. The molecule has 1 aromatic rings. The van der Waals surface area contributed by atoms with Gasteiger partial charge in [0.2, 0.25) is 13.1 Å². The van der Waals surface area contributed by atoms with Crippen LogP contribution in [-0.4, -0.2) is 39.7 Å². The molecule has 1 atom stereocenters. The number of methoxy groups -OCH3 is 3. The largest absolute Gasteiger partial charge is 0.506 e. The molecule has 1 aromatic carbocycles. The minimum Gasteiger partial charge on any atom is -0.506 e. The van der Waals surface area contributed by atoms with Crippen LogP contribution in [0.5, 0.6) is 17.2 Å². The molecule has 0 aliphatic heterocycles. The Hall–Kier alpha value is -2.16. The molecule has 0 aliphatic carbocycles. The van der Waals surface area contributed by atoms with Gasteiger partial charge in [0.05, 0.1) is 27.9 Å². The van der Waals surface area contributed by atoms with Crippen molar-refractivity contribution in [3.63, 3.8) is 0 Å². The van der Waals surface area contributed by atoms with Crippen molar-refractivity contribution in [2.45, 2.75) is 6.92 Å². The molecular weight excluding hydrogens is 321 g/mol. The van der Waals surface area contributed by atoms with Crippen LogP contribution in [0.4, 0.5) is 0 Å². The van der Waals surface area contributed by atoms with Crippen molar-refractivity contribution in [3.8, 4) is 23.3 Å². The molecule has 0 saturated heterocycles. The van der Waals surface area contributed by atoms with E-state index in [9.17, 15) is 14.9 Å². The number of allylic oxidation sites excluding steroid dienone is 1. The number of aliphatic hydroxyl groups is 1. The number of benzene rings is 1. The molecule has 7 nitrogen and oxygen atoms in total. The Morgan fingerprint density at radius 3 is 2.09 bits per heavy atom. The molecule has 0 amide bonds. The first kappa shape index (κ1) is 18.9. The summed E-state index contributed by atoms with van der Waals surface area (Å²) in [4.78, 5) is 0. The second-order valence-electron chi connectivity index (χ2n) is 4.49. The van der Waals surface area contributed by atoms with Gasteiger partial charge in [-0.25, -0.2) is 0 Å². The summed E-state index contributed by atoms with van der Waals surface area (Å²) >= 11 is 0. The van der Waals surface area contributed by atoms with E-state index in [1.165, 1.54) is 40.1 Å². The van der Waals surface area contributed by atoms with Crippen LogP contribution in [0.1, 0.15) is 12.5 Å². The Balaban J connectivity index is 3.59. The monoisotopic (exact) mass is 341 g/mol. The highest BCUT2D eigenvalue weighted by atomic mass is 31.2. The van der Waals surface area contributed by atoms with Crippen molar-refractivity contribution in [1.82, 2.24) is 0 Å². The van der Waals surface area contributed by atoms with E-state index in [0.29, 0.717) is 17.2 Å². The fourth-order valence-corrected chi connectivity index (χ4v) is 3.32. The van der Waals surface area contributed by atoms with Gasteiger partial charge in [-0.1, -0.05) is 0 Å². The maximum Gasteiger partial charge on any atom is 0.243 e. The number of aliphatic hydroxyl groups excluding tert-OH is 1. The molecule has 0 saturated carbocycles. The summed E-state index contributed by atoms with van der Waals surface area (Å²) in [5, 5.41) is 19.3. The van der Waals surface area contributed by atoms with E-state index in [0.717, 1.165) is 0 Å². The number of nitrogens with zero attached hydrogens (tertiary/aromatic N) is 1. The zero-order valence-corrected chi connectivity index (χ0v) is 14.6. The van der Waals surface area contributed by atoms with E-state index in [-0.39, 0.29) is 17.5 Å². The quantitative estimate of drug-likeness (QED) is 0.461. The molecule has 1 rings (SSSR count). The standard InChI is InChI=1S/C15H20NO6P/c1-6-22-23(5,18)13(9-16)14(17)10-7-11(19-2)15(21-4)12(8-10)20-3/h7-8,17H,6H2,1-5H3/b14-13-/t23-/m0/s1. The molecule has 0 unspecified atom stereocenters. The molecule has 0 fully saturated rings. The molecule has 0 aliphatic rings. The Kier molecular flexibility index (Phi) is 6.49. The third kappa shape index (κ3) is 3.98. The predicted octanol–water partition coefficient (Wildman–Crippen LogP) is 3.41. The van der Waals surface area contributed by atoms with Crippen molar-refractivity contribution in [1.29, 1.82) is 5.26 Å². The molecule has 0 radical (unpaired) electrons. The first-order valence-electron chi connectivity index (χ1n) is 6.72. The van der Waals surface area contributed by atoms with Gasteiger partial charge in [-0.05, 0) is 19.1 Å². The Morgan fingerprint density at radius 2 is 1.74 bits per heavy atom. The van der Waals surface area contributed by atoms with Gasteiger partial charge in [-0.2, -0.15) is 5.26 Å². The summed E-state index contributed by atoms with van der Waals surface area (Å²) in [7, 11) is 0.873. The first-order chi connectivity index (χ1) is 10.9. The second kappa shape index (κ2) is 7.91. The van der Waals surface area contributed by atoms with E-state index < -0.39 is 13.1 Å². The molecule has 1 N–H and O–H groups in total. The van der Waals surface area contributed by atoms with Gasteiger partial charge in [0, 0.05) is 12.2 Å². The summed E-state index contributed by atoms with van der Waals surface area (Å²) in [6.45, 7) is 3.09. The van der Waals surface area contributed by atoms with Crippen LogP contribution in [0.2, 0.25) is 0 Å². The molecule has 0 heterocycles. The average Bonchev–Trinajstić information content (AvgIpc) is 2.53. The van der Waals surface area contributed by atoms with Crippen molar-refractivity contribution < 1.29 is 28.4 Å². The van der Waals surface area contributed by atoms with Crippen molar-refractivity contribution in [2.24, 2.45) is 0 Å². The lowest BCUT2D eigenvalue weighted by molar-refractivity contribution is 0.324. The van der Waals surface area contributed by atoms with Crippen LogP contribution in [0.3, 0.4) is 0 Å². The molecule has 0 spiro atoms. The topological polar surface area (TPSA) is 98.0 Å². The highest BCUT2D eigenvalue weighted by Crippen LogP contribution is 2.53. The SMILES string of the molecule is CCO[P@](C)(=O)/C(C#N)=C(\O)c1cc(OC)c(OC)c(OC)c1. The molecule has 0 bridgehead atoms. The van der Waals surface area contributed by atoms with Crippen LogP contribution in [-0.2, 0) is 9.09 Å². The minimum absolute atomic E-state index is 0.154. The van der Waals surface area contributed by atoms with Crippen molar-refractivity contribution in [3.05, 3.63) is 23.0 Å². The van der Waals surface area contributed by atoms with Crippen LogP contribution in [0.25, 0.3) is 5.76 Å². The molecule has 23 heavy (non-hydrogen) atoms. The lowest BCUT2D eigenvalue weighted by atomic mass is 10.1. The third-order valence-electron chi connectivity index (χ3n) is 3.05. The average molecular weight is 341 g/mol. The zero-order valence-electron chi connectivity index (χ0n) is 13.7. The lowest BCUT2D eigenvalue weighted by Crippen LogP contribution is -1.99. The summed E-state index contributed by atoms with van der Waals surface area (Å²) in [6.07, 6.45) is 0. The van der Waals surface area contributed by atoms with Gasteiger partial charge in [0.15, 0.2) is 16.8 Å². The third-order valence-corrected chi connectivity index (χ3v) is 4.93. The summed E-state index contributed by atoms with van der Waals surface area (Å²) in [5.41, 5.74) is 0.206. The lowest BCUT2D eigenvalue weighted by Gasteiger charge is -2.16. The van der Waals surface area contributed by atoms with Crippen molar-refractivity contribution >= 4 is 13.1 Å². The second-order valence-corrected chi connectivity index (χ2v) is 6.88. The number of nitriles is 1. The van der Waals surface area contributed by atoms with Crippen LogP contribution in [0.15, 0.2) is 17.4 Å². The molecule has 0 aromatic heterocycles. The van der Waals surface area contributed by atoms with Crippen LogP contribution < -0.4 is 14.2 Å². The van der Waals surface area contributed by atoms with E-state index >= 15 is 0 Å². The Morgan fingerprint density at radius 1 is 1.22 bits per heavy atom. The van der Waals surface area contributed by atoms with Gasteiger partial charge < -0.3 is 23.8 Å². The highest BCUT2D eigenvalue weighted by Gasteiger charge is 2.28. The summed E-state index contributed by atoms with van der Waals surface area (Å²) in [6, 6.07) is 4.67. The minimum atomic E-state index is -3.43. The van der Waals surface area contributed by atoms with E-state index in [2.05, 4.69) is 0 Å². The van der Waals surface area contributed by atoms with Crippen molar-refractivity contribution in [2.75, 3.05) is 34.6 Å². The first-order valence-corrected chi connectivity index (χ1v) is 8.79. The van der Waals surface area contributed by atoms with Gasteiger partial charge in [0.1, 0.15) is 11.8 Å². The van der Waals surface area contributed by atoms with Gasteiger partial charge in [-0.3, -0.25) is 4.57 Å². The number of rotatable bonds is 7. The van der Waals surface area contributed by atoms with E-state index in [1.807, 2.05) is 0 Å². The van der Waals surface area contributed by atoms with Gasteiger partial charge in [-0.15, -0.1) is 0 Å². The Bertz CT molecular complexity index is 667. The fourth-order valence-electron chi connectivity index (χ4n) is 2.00. The zero-order chi connectivity index (χ0) is 17.6. The normalized spacial score (nSPS) is 14.3. The van der Waals surface area contributed by atoms with Gasteiger partial charge in [0.25, 0.3) is 0 Å². The fraction of sp³-hybridized carbons (Fsp3) is 0.400. The van der Waals surface area contributed by atoms with Crippen LogP contribution >= 0.6 is 7.37 Å². The van der Waals surface area contributed by atoms with Gasteiger partial charge >= 0.3 is 0 Å².